The molecule has 2 aliphatic carbocycles. The van der Waals surface area contributed by atoms with Crippen LogP contribution < -0.4 is 0 Å². The predicted octanol–water partition coefficient (Wildman–Crippen LogP) is 10.8. The van der Waals surface area contributed by atoms with Crippen molar-refractivity contribution in [2.75, 3.05) is 0 Å². The number of hydrogen-bond acceptors (Lipinski definition) is 2. The molecule has 0 saturated heterocycles. The molecule has 0 amide bonds. The van der Waals surface area contributed by atoms with Crippen molar-refractivity contribution in [2.45, 2.75) is 12.8 Å². The molecule has 4 N–H and O–H groups in total. The molecule has 0 spiro atoms. The van der Waals surface area contributed by atoms with Gasteiger partial charge >= 0.3 is 0 Å². The summed E-state index contributed by atoms with van der Waals surface area (Å²) in [6.07, 6.45) is 1.80. The van der Waals surface area contributed by atoms with Gasteiger partial charge in [0.25, 0.3) is 0 Å². The van der Waals surface area contributed by atoms with Gasteiger partial charge in [-0.2, -0.15) is 0 Å². The summed E-state index contributed by atoms with van der Waals surface area (Å²) >= 11 is 0. The van der Waals surface area contributed by atoms with E-state index in [0.717, 1.165) is 78.7 Å². The average Bonchev–Trinajstić information content (AvgIpc) is 3.86. The summed E-state index contributed by atoms with van der Waals surface area (Å²) in [6, 6.07) is 42.2. The summed E-state index contributed by atoms with van der Waals surface area (Å²) in [7, 11) is 0. The van der Waals surface area contributed by atoms with Crippen LogP contribution in [0.5, 0.6) is 11.5 Å². The first-order chi connectivity index (χ1) is 23.6. The van der Waals surface area contributed by atoms with Gasteiger partial charge in [0.1, 0.15) is 11.5 Å². The molecule has 11 rings (SSSR count). The second-order valence-corrected chi connectivity index (χ2v) is 13.4. The van der Waals surface area contributed by atoms with Crippen molar-refractivity contribution in [3.8, 4) is 56.0 Å². The first-order valence-electron chi connectivity index (χ1n) is 16.5. The summed E-state index contributed by atoms with van der Waals surface area (Å²) in [5, 5.41) is 25.7. The Morgan fingerprint density at radius 1 is 0.417 bits per heavy atom. The van der Waals surface area contributed by atoms with Gasteiger partial charge < -0.3 is 20.2 Å². The lowest BCUT2D eigenvalue weighted by atomic mass is 9.88. The predicted molar refractivity (Wildman–Crippen MR) is 196 cm³/mol. The Morgan fingerprint density at radius 2 is 0.854 bits per heavy atom. The van der Waals surface area contributed by atoms with Crippen LogP contribution >= 0.6 is 0 Å². The summed E-state index contributed by atoms with van der Waals surface area (Å²) in [5.41, 5.74) is 18.9. The molecule has 2 heterocycles. The Hall–Kier alpha value is -6.26. The van der Waals surface area contributed by atoms with Crippen LogP contribution in [-0.4, -0.2) is 20.2 Å². The van der Waals surface area contributed by atoms with Crippen molar-refractivity contribution in [3.05, 3.63) is 144 Å². The number of benzene rings is 7. The monoisotopic (exact) mass is 616 g/mol. The summed E-state index contributed by atoms with van der Waals surface area (Å²) < 4.78 is 0. The highest BCUT2D eigenvalue weighted by molar-refractivity contribution is 6.32. The van der Waals surface area contributed by atoms with Crippen LogP contribution in [0.3, 0.4) is 0 Å². The number of aromatic hydroxyl groups is 2. The lowest BCUT2D eigenvalue weighted by Crippen LogP contribution is -1.91. The maximum atomic E-state index is 10.8. The number of rotatable bonds is 2. The minimum atomic E-state index is 0.234. The van der Waals surface area contributed by atoms with Crippen molar-refractivity contribution in [1.29, 1.82) is 0 Å². The van der Waals surface area contributed by atoms with Gasteiger partial charge in [0, 0.05) is 43.7 Å². The van der Waals surface area contributed by atoms with E-state index in [1.54, 1.807) is 12.1 Å². The van der Waals surface area contributed by atoms with Gasteiger partial charge in [-0.05, 0) is 105 Å². The zero-order valence-electron chi connectivity index (χ0n) is 25.9. The summed E-state index contributed by atoms with van der Waals surface area (Å²) in [4.78, 5) is 7.62. The number of aromatic nitrogens is 2. The lowest BCUT2D eigenvalue weighted by molar-refractivity contribution is 0.475. The maximum absolute atomic E-state index is 10.8. The fraction of sp³-hybridized carbons (Fsp3) is 0.0455. The Bertz CT molecular complexity index is 2670. The zero-order chi connectivity index (χ0) is 31.7. The largest absolute Gasteiger partial charge is 0.508 e. The molecule has 0 aliphatic heterocycles. The van der Waals surface area contributed by atoms with E-state index in [9.17, 15) is 10.2 Å². The van der Waals surface area contributed by atoms with E-state index in [2.05, 4.69) is 94.9 Å². The normalized spacial score (nSPS) is 13.0. The first kappa shape index (κ1) is 25.9. The maximum Gasteiger partial charge on any atom is 0.116 e. The average molecular weight is 617 g/mol. The van der Waals surface area contributed by atoms with Crippen molar-refractivity contribution >= 4 is 43.6 Å². The molecule has 0 fully saturated rings. The van der Waals surface area contributed by atoms with E-state index >= 15 is 0 Å². The SMILES string of the molecule is Oc1ccc2[nH]c3c(-c4ccc5c(c4)Cc4ccccc4-5)c4c([nH]c5ccc(O)cc54)c(-c4ccc5c(c4)Cc4ccccc4-5)c3c2c1. The molecule has 0 saturated carbocycles. The standard InChI is InChI=1S/C44H28N2O2/c47-29-11-15-37-35(21-29)41-39(25-9-13-33-27(19-25)17-23-5-1-3-7-31(23)33)43-42(36-22-30(48)12-16-38(36)45-43)40(44(41)46-37)26-10-14-34-28(20-26)18-24-6-2-4-8-32(24)34/h1-16,19-22,45-48H,17-18H2. The molecule has 4 nitrogen and oxygen atoms in total. The molecule has 0 radical (unpaired) electrons. The van der Waals surface area contributed by atoms with Crippen LogP contribution in [0.15, 0.2) is 121 Å². The molecule has 7 aromatic carbocycles. The molecular formula is C44H28N2O2. The molecular weight excluding hydrogens is 588 g/mol. The van der Waals surface area contributed by atoms with Crippen LogP contribution in [0.25, 0.3) is 88.1 Å². The number of aromatic amines is 2. The summed E-state index contributed by atoms with van der Waals surface area (Å²) in [5.74, 6) is 0.467. The van der Waals surface area contributed by atoms with Gasteiger partial charge in [0.15, 0.2) is 0 Å². The van der Waals surface area contributed by atoms with Crippen LogP contribution in [0, 0.1) is 0 Å². The highest BCUT2D eigenvalue weighted by Gasteiger charge is 2.27. The van der Waals surface area contributed by atoms with Crippen LogP contribution in [-0.2, 0) is 12.8 Å². The van der Waals surface area contributed by atoms with E-state index < -0.39 is 0 Å². The number of hydrogen-bond donors (Lipinski definition) is 4. The third-order valence-electron chi connectivity index (χ3n) is 10.7. The first-order valence-corrected chi connectivity index (χ1v) is 16.5. The van der Waals surface area contributed by atoms with Gasteiger partial charge in [0.05, 0.1) is 11.0 Å². The van der Waals surface area contributed by atoms with Gasteiger partial charge in [0.2, 0.25) is 0 Å². The minimum Gasteiger partial charge on any atom is -0.508 e. The van der Waals surface area contributed by atoms with Crippen molar-refractivity contribution in [3.63, 3.8) is 0 Å². The number of phenols is 2. The number of phenolic OH excluding ortho intramolecular Hbond substituents is 2. The third-order valence-corrected chi connectivity index (χ3v) is 10.7. The molecule has 2 aromatic heterocycles. The number of nitrogens with one attached hydrogen (secondary N) is 2. The van der Waals surface area contributed by atoms with E-state index in [-0.39, 0.29) is 11.5 Å². The number of H-pyrrole nitrogens is 2. The molecule has 0 unspecified atom stereocenters. The zero-order valence-corrected chi connectivity index (χ0v) is 25.9. The molecule has 226 valence electrons. The van der Waals surface area contributed by atoms with Gasteiger partial charge in [-0.25, -0.2) is 0 Å². The van der Waals surface area contributed by atoms with Gasteiger partial charge in [-0.3, -0.25) is 0 Å². The highest BCUT2D eigenvalue weighted by atomic mass is 16.3. The molecule has 0 bridgehead atoms. The van der Waals surface area contributed by atoms with E-state index in [1.807, 2.05) is 24.3 Å². The molecule has 0 atom stereocenters. The topological polar surface area (TPSA) is 72.0 Å². The van der Waals surface area contributed by atoms with E-state index in [1.165, 1.54) is 44.5 Å². The molecule has 48 heavy (non-hydrogen) atoms. The van der Waals surface area contributed by atoms with E-state index in [4.69, 9.17) is 0 Å². The third kappa shape index (κ3) is 3.44. The van der Waals surface area contributed by atoms with Crippen molar-refractivity contribution in [2.24, 2.45) is 0 Å². The number of fused-ring (bicyclic) bond motifs is 12. The Morgan fingerprint density at radius 3 is 1.33 bits per heavy atom. The smallest absolute Gasteiger partial charge is 0.116 e. The highest BCUT2D eigenvalue weighted by Crippen LogP contribution is 2.51. The molecule has 2 aliphatic rings. The molecule has 4 heteroatoms. The van der Waals surface area contributed by atoms with Crippen LogP contribution in [0.2, 0.25) is 0 Å². The van der Waals surface area contributed by atoms with Gasteiger partial charge in [-0.15, -0.1) is 0 Å². The summed E-state index contributed by atoms with van der Waals surface area (Å²) in [6.45, 7) is 0. The molecule has 9 aromatic rings. The van der Waals surface area contributed by atoms with E-state index in [0.29, 0.717) is 0 Å². The Balaban J connectivity index is 1.28. The quantitative estimate of drug-likeness (QED) is 0.156. The fourth-order valence-corrected chi connectivity index (χ4v) is 8.68. The van der Waals surface area contributed by atoms with Crippen molar-refractivity contribution < 1.29 is 10.2 Å². The fourth-order valence-electron chi connectivity index (χ4n) is 8.68. The lowest BCUT2D eigenvalue weighted by Gasteiger charge is -2.15. The van der Waals surface area contributed by atoms with Gasteiger partial charge in [-0.1, -0.05) is 84.9 Å². The Labute approximate surface area is 275 Å². The second-order valence-electron chi connectivity index (χ2n) is 13.4. The van der Waals surface area contributed by atoms with Crippen molar-refractivity contribution in [1.82, 2.24) is 9.97 Å². The second kappa shape index (κ2) is 9.18. The Kier molecular flexibility index (Phi) is 4.95. The minimum absolute atomic E-state index is 0.234. The van der Waals surface area contributed by atoms with Crippen LogP contribution in [0.1, 0.15) is 22.3 Å². The van der Waals surface area contributed by atoms with Crippen LogP contribution in [0.4, 0.5) is 0 Å².